The van der Waals surface area contributed by atoms with E-state index in [1.54, 1.807) is 0 Å². The van der Waals surface area contributed by atoms with Crippen LogP contribution < -0.4 is 12.4 Å². The Morgan fingerprint density at radius 1 is 1.20 bits per heavy atom. The predicted octanol–water partition coefficient (Wildman–Crippen LogP) is -2.89. The van der Waals surface area contributed by atoms with Gasteiger partial charge in [-0.25, -0.2) is 0 Å². The number of hydrogen-bond acceptors (Lipinski definition) is 1. The Hall–Kier alpha value is 1.03. The molecule has 0 rings (SSSR count). The second-order valence-electron chi connectivity index (χ2n) is 2.74. The van der Waals surface area contributed by atoms with E-state index < -0.39 is 0 Å². The molecule has 0 aromatic heterocycles. The van der Waals surface area contributed by atoms with Gasteiger partial charge >= 0.3 is 17.4 Å². The van der Waals surface area contributed by atoms with Gasteiger partial charge in [0, 0.05) is 0 Å². The van der Waals surface area contributed by atoms with Crippen molar-refractivity contribution >= 4 is 12.4 Å². The summed E-state index contributed by atoms with van der Waals surface area (Å²) in [6.45, 7) is 1.11. The van der Waals surface area contributed by atoms with Crippen LogP contribution in [-0.2, 0) is 17.4 Å². The molecule has 0 atom stereocenters. The van der Waals surface area contributed by atoms with Gasteiger partial charge in [0.15, 0.2) is 0 Å². The maximum atomic E-state index is 8.39. The first kappa shape index (κ1) is 22.5. The molecule has 10 heavy (non-hydrogen) atoms. The molecule has 0 aliphatic rings. The number of quaternary nitrogens is 1. The number of aliphatic hydroxyl groups excluding tert-OH is 1. The van der Waals surface area contributed by atoms with Crippen molar-refractivity contribution in [3.63, 3.8) is 0 Å². The number of aliphatic hydroxyl groups is 1. The fourth-order valence-electron chi connectivity index (χ4n) is 0.300. The minimum atomic E-state index is 0. The molecule has 0 aliphatic carbocycles. The minimum Gasteiger partial charge on any atom is -1.00 e. The van der Waals surface area contributed by atoms with Crippen molar-refractivity contribution in [1.82, 2.24) is 0 Å². The van der Waals surface area contributed by atoms with Crippen LogP contribution in [0.1, 0.15) is 0 Å². The Labute approximate surface area is 86.1 Å². The van der Waals surface area contributed by atoms with Crippen molar-refractivity contribution in [2.75, 3.05) is 34.3 Å². The van der Waals surface area contributed by atoms with Crippen molar-refractivity contribution in [3.05, 3.63) is 0 Å². The van der Waals surface area contributed by atoms with Gasteiger partial charge in [-0.05, 0) is 0 Å². The van der Waals surface area contributed by atoms with Gasteiger partial charge in [-0.15, -0.1) is 12.4 Å². The summed E-state index contributed by atoms with van der Waals surface area (Å²) < 4.78 is 0.844. The molecular weight excluding hydrogens is 213 g/mol. The number of rotatable bonds is 2. The third-order valence-electron chi connectivity index (χ3n) is 0.771. The number of halogens is 2. The fourth-order valence-corrected chi connectivity index (χ4v) is 0.300. The number of hydrogen-bond donors (Lipinski definition) is 1. The average Bonchev–Trinajstić information content (AvgIpc) is 1.30. The van der Waals surface area contributed by atoms with Crippen LogP contribution in [0.4, 0.5) is 0 Å². The van der Waals surface area contributed by atoms with Gasteiger partial charge in [-0.1, -0.05) is 0 Å². The van der Waals surface area contributed by atoms with E-state index in [0.717, 1.165) is 11.0 Å². The van der Waals surface area contributed by atoms with Crippen LogP contribution in [0, 0.1) is 0 Å². The summed E-state index contributed by atoms with van der Waals surface area (Å²) >= 11 is 0. The zero-order valence-electron chi connectivity index (χ0n) is 6.50. The molecule has 5 heteroatoms. The van der Waals surface area contributed by atoms with Gasteiger partial charge < -0.3 is 22.0 Å². The van der Waals surface area contributed by atoms with Crippen LogP contribution in [0.5, 0.6) is 0 Å². The predicted molar refractivity (Wildman–Crippen MR) is 37.2 cm³/mol. The van der Waals surface area contributed by atoms with Gasteiger partial charge in [0.2, 0.25) is 0 Å². The van der Waals surface area contributed by atoms with E-state index >= 15 is 0 Å². The van der Waals surface area contributed by atoms with Crippen LogP contribution in [0.3, 0.4) is 0 Å². The zero-order chi connectivity index (χ0) is 5.91. The monoisotopic (exact) mass is 227 g/mol. The molecule has 0 amide bonds. The quantitative estimate of drug-likeness (QED) is 0.503. The average molecular weight is 228 g/mol. The molecular formula is C5H15Cl2CrNO+3. The smallest absolute Gasteiger partial charge is 1.00 e. The largest absolute Gasteiger partial charge is 3.00 e. The summed E-state index contributed by atoms with van der Waals surface area (Å²) in [4.78, 5) is 0. The Kier molecular flexibility index (Phi) is 22.5. The molecule has 0 aromatic carbocycles. The van der Waals surface area contributed by atoms with Crippen molar-refractivity contribution in [2.24, 2.45) is 0 Å². The van der Waals surface area contributed by atoms with Crippen molar-refractivity contribution < 1.29 is 39.4 Å². The standard InChI is InChI=1S/C5H14NO.2ClH.Cr/c1-6(2,3)4-5-7;;;/h7H,4-5H2,1-3H3;2*1H;/q+1;;;+3/p-1. The van der Waals surface area contributed by atoms with E-state index in [4.69, 9.17) is 5.11 Å². The molecule has 0 saturated heterocycles. The first-order valence-electron chi connectivity index (χ1n) is 2.47. The van der Waals surface area contributed by atoms with Crippen molar-refractivity contribution in [1.29, 1.82) is 0 Å². The molecule has 0 fully saturated rings. The van der Waals surface area contributed by atoms with E-state index in [1.165, 1.54) is 0 Å². The van der Waals surface area contributed by atoms with Crippen molar-refractivity contribution in [3.8, 4) is 0 Å². The van der Waals surface area contributed by atoms with Gasteiger partial charge in [-0.3, -0.25) is 0 Å². The van der Waals surface area contributed by atoms with E-state index in [2.05, 4.69) is 21.1 Å². The molecule has 63 valence electrons. The van der Waals surface area contributed by atoms with Gasteiger partial charge in [0.1, 0.15) is 6.54 Å². The third kappa shape index (κ3) is 23.0. The second kappa shape index (κ2) is 10.0. The summed E-state index contributed by atoms with van der Waals surface area (Å²) in [6.07, 6.45) is 0. The Bertz CT molecular complexity index is 58.1. The van der Waals surface area contributed by atoms with E-state index in [0.29, 0.717) is 0 Å². The van der Waals surface area contributed by atoms with Crippen LogP contribution in [0.2, 0.25) is 0 Å². The molecule has 1 radical (unpaired) electrons. The Morgan fingerprint density at radius 2 is 1.50 bits per heavy atom. The first-order valence-corrected chi connectivity index (χ1v) is 2.47. The molecule has 0 aliphatic heterocycles. The zero-order valence-corrected chi connectivity index (χ0v) is 9.35. The van der Waals surface area contributed by atoms with Crippen LogP contribution in [0.25, 0.3) is 0 Å². The summed E-state index contributed by atoms with van der Waals surface area (Å²) in [6, 6.07) is 0. The molecule has 0 heterocycles. The van der Waals surface area contributed by atoms with Gasteiger partial charge in [0.05, 0.1) is 27.7 Å². The Morgan fingerprint density at radius 3 is 1.50 bits per heavy atom. The molecule has 0 spiro atoms. The van der Waals surface area contributed by atoms with E-state index in [-0.39, 0.29) is 48.8 Å². The summed E-state index contributed by atoms with van der Waals surface area (Å²) in [7, 11) is 6.16. The van der Waals surface area contributed by atoms with E-state index in [1.807, 2.05) is 0 Å². The Balaban J connectivity index is -0.0000000600. The maximum absolute atomic E-state index is 8.39. The second-order valence-corrected chi connectivity index (χ2v) is 2.74. The summed E-state index contributed by atoms with van der Waals surface area (Å²) in [5, 5.41) is 8.39. The van der Waals surface area contributed by atoms with Crippen molar-refractivity contribution in [2.45, 2.75) is 0 Å². The number of likely N-dealkylation sites (N-methyl/N-ethyl adjacent to an activating group) is 1. The fraction of sp³-hybridized carbons (Fsp3) is 1.00. The molecule has 0 bridgehead atoms. The first-order chi connectivity index (χ1) is 3.06. The molecule has 0 unspecified atom stereocenters. The topological polar surface area (TPSA) is 20.2 Å². The van der Waals surface area contributed by atoms with Gasteiger partial charge in [-0.2, -0.15) is 0 Å². The third-order valence-corrected chi connectivity index (χ3v) is 0.771. The minimum absolute atomic E-state index is 0. The molecule has 1 N–H and O–H groups in total. The maximum Gasteiger partial charge on any atom is 3.00 e. The molecule has 2 nitrogen and oxygen atoms in total. The summed E-state index contributed by atoms with van der Waals surface area (Å²) in [5.74, 6) is 0. The normalized spacial score (nSPS) is 8.40. The van der Waals surface area contributed by atoms with Crippen LogP contribution >= 0.6 is 12.4 Å². The molecule has 0 saturated carbocycles. The van der Waals surface area contributed by atoms with Crippen LogP contribution in [-0.4, -0.2) is 43.9 Å². The summed E-state index contributed by atoms with van der Waals surface area (Å²) in [5.41, 5.74) is 0. The molecule has 0 aromatic rings. The van der Waals surface area contributed by atoms with E-state index in [9.17, 15) is 0 Å². The van der Waals surface area contributed by atoms with Crippen LogP contribution in [0.15, 0.2) is 0 Å². The SMILES string of the molecule is C[N+](C)(C)CCO.Cl.[Cl-].[Cr+3]. The number of nitrogens with zero attached hydrogens (tertiary/aromatic N) is 1. The van der Waals surface area contributed by atoms with Gasteiger partial charge in [0.25, 0.3) is 0 Å².